The van der Waals surface area contributed by atoms with Gasteiger partial charge in [0.1, 0.15) is 0 Å². The van der Waals surface area contributed by atoms with Gasteiger partial charge in [-0.25, -0.2) is 4.68 Å². The highest BCUT2D eigenvalue weighted by Crippen LogP contribution is 2.36. The maximum Gasteiger partial charge on any atom is 0.416 e. The van der Waals surface area contributed by atoms with Gasteiger partial charge in [-0.2, -0.15) is 23.4 Å². The molecule has 0 saturated carbocycles. The van der Waals surface area contributed by atoms with Gasteiger partial charge in [-0.15, -0.1) is 5.10 Å². The normalized spacial score (nSPS) is 14.5. The molecular weight excluding hydrogens is 429 g/mol. The van der Waals surface area contributed by atoms with Gasteiger partial charge in [0.2, 0.25) is 0 Å². The number of alkyl halides is 3. The van der Waals surface area contributed by atoms with Crippen LogP contribution in [0.2, 0.25) is 0 Å². The summed E-state index contributed by atoms with van der Waals surface area (Å²) in [6, 6.07) is 9.81. The maximum atomic E-state index is 13.4. The predicted molar refractivity (Wildman–Crippen MR) is 120 cm³/mol. The van der Waals surface area contributed by atoms with E-state index < -0.39 is 17.8 Å². The van der Waals surface area contributed by atoms with Gasteiger partial charge in [0.15, 0.2) is 5.82 Å². The van der Waals surface area contributed by atoms with Gasteiger partial charge in [0.25, 0.3) is 0 Å². The fourth-order valence-corrected chi connectivity index (χ4v) is 4.51. The first-order valence-corrected chi connectivity index (χ1v) is 10.7. The summed E-state index contributed by atoms with van der Waals surface area (Å²) < 4.78 is 42.1. The third kappa shape index (κ3) is 3.72. The van der Waals surface area contributed by atoms with Crippen molar-refractivity contribution >= 4 is 16.6 Å². The van der Waals surface area contributed by atoms with Crippen molar-refractivity contribution in [3.8, 4) is 5.69 Å². The van der Waals surface area contributed by atoms with Crippen LogP contribution in [0.3, 0.4) is 0 Å². The second-order valence-corrected chi connectivity index (χ2v) is 8.38. The summed E-state index contributed by atoms with van der Waals surface area (Å²) in [4.78, 5) is 0. The standard InChI is InChI=1S/C24H23F3N6/c1-13-18(5-4-6-21(13)24(25,26)27)14(2)30-23-20-9-17(7-8-19(20)15(3)31-32-23)33-22-12-28-10-16(22)11-29-33/h4-9,11,14,28H,10,12H2,1-3H3,(H,30,32)/t14-/m1/s1. The molecule has 1 atom stereocenters. The van der Waals surface area contributed by atoms with E-state index in [9.17, 15) is 13.2 Å². The fraction of sp³-hybridized carbons (Fsp3) is 0.292. The van der Waals surface area contributed by atoms with Crippen LogP contribution in [0, 0.1) is 13.8 Å². The molecule has 0 unspecified atom stereocenters. The van der Waals surface area contributed by atoms with Gasteiger partial charge >= 0.3 is 6.18 Å². The third-order valence-corrected chi connectivity index (χ3v) is 6.26. The van der Waals surface area contributed by atoms with Crippen LogP contribution in [0.15, 0.2) is 42.6 Å². The van der Waals surface area contributed by atoms with Crippen LogP contribution in [-0.2, 0) is 19.3 Å². The molecule has 0 spiro atoms. The van der Waals surface area contributed by atoms with E-state index in [2.05, 4.69) is 25.9 Å². The monoisotopic (exact) mass is 452 g/mol. The Labute approximate surface area is 188 Å². The molecule has 170 valence electrons. The molecule has 0 amide bonds. The minimum Gasteiger partial charge on any atom is -0.362 e. The van der Waals surface area contributed by atoms with Gasteiger partial charge in [0, 0.05) is 29.4 Å². The molecule has 2 N–H and O–H groups in total. The molecule has 5 rings (SSSR count). The van der Waals surface area contributed by atoms with E-state index >= 15 is 0 Å². The average Bonchev–Trinajstić information content (AvgIpc) is 3.39. The van der Waals surface area contributed by atoms with Crippen LogP contribution in [0.1, 0.15) is 46.6 Å². The first-order valence-electron chi connectivity index (χ1n) is 10.7. The molecule has 6 nitrogen and oxygen atoms in total. The fourth-order valence-electron chi connectivity index (χ4n) is 4.51. The second kappa shape index (κ2) is 7.84. The van der Waals surface area contributed by atoms with E-state index in [1.807, 2.05) is 42.9 Å². The van der Waals surface area contributed by atoms with E-state index in [-0.39, 0.29) is 5.56 Å². The molecular formula is C24H23F3N6. The minimum atomic E-state index is -4.40. The summed E-state index contributed by atoms with van der Waals surface area (Å²) in [6.07, 6.45) is -2.53. The van der Waals surface area contributed by atoms with Gasteiger partial charge in [-0.05, 0) is 50.1 Å². The number of benzene rings is 2. The Balaban J connectivity index is 1.55. The number of nitrogens with zero attached hydrogens (tertiary/aromatic N) is 4. The van der Waals surface area contributed by atoms with E-state index in [0.717, 1.165) is 47.0 Å². The van der Waals surface area contributed by atoms with E-state index in [1.165, 1.54) is 18.6 Å². The topological polar surface area (TPSA) is 67.7 Å². The maximum absolute atomic E-state index is 13.4. The highest BCUT2D eigenvalue weighted by Gasteiger charge is 2.33. The summed E-state index contributed by atoms with van der Waals surface area (Å²) >= 11 is 0. The molecule has 0 aliphatic carbocycles. The highest BCUT2D eigenvalue weighted by molar-refractivity contribution is 5.94. The molecule has 4 aromatic rings. The molecule has 0 radical (unpaired) electrons. The molecule has 1 aliphatic heterocycles. The number of halogens is 3. The Morgan fingerprint density at radius 3 is 2.67 bits per heavy atom. The van der Waals surface area contributed by atoms with Crippen molar-refractivity contribution in [1.29, 1.82) is 0 Å². The zero-order valence-electron chi connectivity index (χ0n) is 18.5. The summed E-state index contributed by atoms with van der Waals surface area (Å²) in [7, 11) is 0. The van der Waals surface area contributed by atoms with E-state index in [4.69, 9.17) is 0 Å². The Morgan fingerprint density at radius 2 is 1.88 bits per heavy atom. The molecule has 0 fully saturated rings. The molecule has 2 aromatic carbocycles. The lowest BCUT2D eigenvalue weighted by Crippen LogP contribution is -2.14. The van der Waals surface area contributed by atoms with Gasteiger partial charge in [-0.3, -0.25) is 0 Å². The first-order chi connectivity index (χ1) is 15.7. The average molecular weight is 452 g/mol. The van der Waals surface area contributed by atoms with Crippen molar-refractivity contribution in [2.75, 3.05) is 5.32 Å². The molecule has 0 saturated heterocycles. The van der Waals surface area contributed by atoms with Crippen molar-refractivity contribution in [3.05, 3.63) is 76.2 Å². The van der Waals surface area contributed by atoms with Crippen LogP contribution in [0.4, 0.5) is 19.0 Å². The third-order valence-electron chi connectivity index (χ3n) is 6.26. The number of nitrogens with one attached hydrogen (secondary N) is 2. The van der Waals surface area contributed by atoms with Crippen LogP contribution in [0.25, 0.3) is 16.5 Å². The first kappa shape index (κ1) is 21.4. The highest BCUT2D eigenvalue weighted by atomic mass is 19.4. The predicted octanol–water partition coefficient (Wildman–Crippen LogP) is 5.23. The number of aromatic nitrogens is 4. The zero-order chi connectivity index (χ0) is 23.3. The Morgan fingerprint density at radius 1 is 1.06 bits per heavy atom. The molecule has 9 heteroatoms. The van der Waals surface area contributed by atoms with Gasteiger partial charge < -0.3 is 10.6 Å². The lowest BCUT2D eigenvalue weighted by molar-refractivity contribution is -0.138. The SMILES string of the molecule is Cc1c([C@@H](C)Nc2nnc(C)c3ccc(-n4ncc5c4CNC5)cc23)cccc1C(F)(F)F. The van der Waals surface area contributed by atoms with E-state index in [1.54, 1.807) is 6.07 Å². The number of aryl methyl sites for hydroxylation is 1. The number of hydrogen-bond donors (Lipinski definition) is 2. The lowest BCUT2D eigenvalue weighted by Gasteiger charge is -2.21. The molecule has 0 bridgehead atoms. The summed E-state index contributed by atoms with van der Waals surface area (Å²) in [5.74, 6) is 0.517. The minimum absolute atomic E-state index is 0.203. The van der Waals surface area contributed by atoms with Crippen molar-refractivity contribution in [2.45, 2.75) is 46.1 Å². The number of fused-ring (bicyclic) bond motifs is 2. The number of hydrogen-bond acceptors (Lipinski definition) is 5. The quantitative estimate of drug-likeness (QED) is 0.444. The van der Waals surface area contributed by atoms with Crippen molar-refractivity contribution in [3.63, 3.8) is 0 Å². The van der Waals surface area contributed by atoms with Crippen molar-refractivity contribution < 1.29 is 13.2 Å². The Kier molecular flexibility index (Phi) is 5.08. The lowest BCUT2D eigenvalue weighted by atomic mass is 9.97. The molecule has 33 heavy (non-hydrogen) atoms. The second-order valence-electron chi connectivity index (χ2n) is 8.38. The summed E-state index contributed by atoms with van der Waals surface area (Å²) in [5.41, 5.74) is 4.10. The largest absolute Gasteiger partial charge is 0.416 e. The summed E-state index contributed by atoms with van der Waals surface area (Å²) in [6.45, 7) is 6.76. The van der Waals surface area contributed by atoms with Gasteiger partial charge in [0.05, 0.1) is 34.9 Å². The van der Waals surface area contributed by atoms with Gasteiger partial charge in [-0.1, -0.05) is 18.2 Å². The summed E-state index contributed by atoms with van der Waals surface area (Å²) in [5, 5.41) is 21.5. The number of rotatable bonds is 4. The Hall–Kier alpha value is -3.46. The van der Waals surface area contributed by atoms with E-state index in [0.29, 0.717) is 11.4 Å². The van der Waals surface area contributed by atoms with Crippen LogP contribution in [-0.4, -0.2) is 20.0 Å². The van der Waals surface area contributed by atoms with Crippen molar-refractivity contribution in [2.24, 2.45) is 0 Å². The van der Waals surface area contributed by atoms with Crippen molar-refractivity contribution in [1.82, 2.24) is 25.3 Å². The smallest absolute Gasteiger partial charge is 0.362 e. The zero-order valence-corrected chi connectivity index (χ0v) is 18.5. The van der Waals surface area contributed by atoms with Crippen LogP contribution < -0.4 is 10.6 Å². The molecule has 1 aliphatic rings. The van der Waals surface area contributed by atoms with Crippen LogP contribution in [0.5, 0.6) is 0 Å². The van der Waals surface area contributed by atoms with Crippen LogP contribution >= 0.6 is 0 Å². The number of anilines is 1. The molecule has 2 aromatic heterocycles. The molecule has 3 heterocycles. The Bertz CT molecular complexity index is 1360.